The van der Waals surface area contributed by atoms with Crippen LogP contribution in [-0.2, 0) is 0 Å². The van der Waals surface area contributed by atoms with Gasteiger partial charge in [-0.15, -0.1) is 0 Å². The SMILES string of the molecule is C[C@H](NC1CC(c2ccc(Br)cc2)C1)c1ccccc1Cl. The molecular formula is C18H19BrClN. The molecule has 2 aromatic carbocycles. The fraction of sp³-hybridized carbons (Fsp3) is 0.333. The van der Waals surface area contributed by atoms with Crippen molar-refractivity contribution in [2.24, 2.45) is 0 Å². The number of benzene rings is 2. The third kappa shape index (κ3) is 3.50. The highest BCUT2D eigenvalue weighted by atomic mass is 79.9. The molecule has 110 valence electrons. The fourth-order valence-corrected chi connectivity index (χ4v) is 3.59. The average Bonchev–Trinajstić information content (AvgIpc) is 2.44. The maximum atomic E-state index is 6.26. The van der Waals surface area contributed by atoms with Crippen LogP contribution in [-0.4, -0.2) is 6.04 Å². The third-order valence-corrected chi connectivity index (χ3v) is 5.21. The lowest BCUT2D eigenvalue weighted by Crippen LogP contribution is -2.41. The van der Waals surface area contributed by atoms with Gasteiger partial charge in [0.1, 0.15) is 0 Å². The van der Waals surface area contributed by atoms with Crippen molar-refractivity contribution < 1.29 is 0 Å². The summed E-state index contributed by atoms with van der Waals surface area (Å²) in [6.07, 6.45) is 2.41. The summed E-state index contributed by atoms with van der Waals surface area (Å²) in [6, 6.07) is 17.7. The summed E-state index contributed by atoms with van der Waals surface area (Å²) in [5.74, 6) is 0.689. The second kappa shape index (κ2) is 6.51. The average molecular weight is 365 g/mol. The number of hydrogen-bond donors (Lipinski definition) is 1. The Labute approximate surface area is 139 Å². The first-order chi connectivity index (χ1) is 10.1. The van der Waals surface area contributed by atoms with E-state index < -0.39 is 0 Å². The molecule has 0 aliphatic heterocycles. The van der Waals surface area contributed by atoms with Gasteiger partial charge in [-0.3, -0.25) is 0 Å². The molecule has 1 aliphatic rings. The maximum absolute atomic E-state index is 6.26. The van der Waals surface area contributed by atoms with Crippen LogP contribution in [0.1, 0.15) is 42.9 Å². The predicted molar refractivity (Wildman–Crippen MR) is 92.9 cm³/mol. The second-order valence-corrected chi connectivity index (χ2v) is 7.15. The second-order valence-electron chi connectivity index (χ2n) is 5.83. The summed E-state index contributed by atoms with van der Waals surface area (Å²) in [4.78, 5) is 0. The van der Waals surface area contributed by atoms with E-state index in [2.05, 4.69) is 58.5 Å². The fourth-order valence-electron chi connectivity index (χ4n) is 3.03. The molecule has 0 heterocycles. The van der Waals surface area contributed by atoms with Gasteiger partial charge in [0.25, 0.3) is 0 Å². The molecule has 0 bridgehead atoms. The van der Waals surface area contributed by atoms with Crippen molar-refractivity contribution in [3.8, 4) is 0 Å². The van der Waals surface area contributed by atoms with Crippen molar-refractivity contribution in [1.82, 2.24) is 5.32 Å². The maximum Gasteiger partial charge on any atom is 0.0453 e. The van der Waals surface area contributed by atoms with Crippen LogP contribution < -0.4 is 5.32 Å². The summed E-state index contributed by atoms with van der Waals surface area (Å²) >= 11 is 9.75. The lowest BCUT2D eigenvalue weighted by atomic mass is 9.75. The molecule has 0 unspecified atom stereocenters. The molecule has 1 aliphatic carbocycles. The van der Waals surface area contributed by atoms with Crippen LogP contribution >= 0.6 is 27.5 Å². The van der Waals surface area contributed by atoms with Crippen LogP contribution in [0.5, 0.6) is 0 Å². The zero-order valence-corrected chi connectivity index (χ0v) is 14.4. The highest BCUT2D eigenvalue weighted by Gasteiger charge is 2.31. The van der Waals surface area contributed by atoms with Gasteiger partial charge in [-0.1, -0.05) is 57.9 Å². The van der Waals surface area contributed by atoms with Gasteiger partial charge in [0, 0.05) is 21.6 Å². The summed E-state index contributed by atoms with van der Waals surface area (Å²) in [5, 5.41) is 4.54. The van der Waals surface area contributed by atoms with E-state index in [-0.39, 0.29) is 0 Å². The molecule has 0 aromatic heterocycles. The summed E-state index contributed by atoms with van der Waals surface area (Å²) in [7, 11) is 0. The number of halogens is 2. The molecule has 3 rings (SSSR count). The van der Waals surface area contributed by atoms with Crippen molar-refractivity contribution in [3.05, 3.63) is 69.2 Å². The Morgan fingerprint density at radius 2 is 1.76 bits per heavy atom. The Balaban J connectivity index is 1.55. The highest BCUT2D eigenvalue weighted by molar-refractivity contribution is 9.10. The molecular weight excluding hydrogens is 346 g/mol. The number of nitrogens with one attached hydrogen (secondary N) is 1. The topological polar surface area (TPSA) is 12.0 Å². The Bertz CT molecular complexity index is 605. The molecule has 1 N–H and O–H groups in total. The molecule has 1 fully saturated rings. The van der Waals surface area contributed by atoms with Gasteiger partial charge in [-0.2, -0.15) is 0 Å². The first-order valence-corrected chi connectivity index (χ1v) is 8.56. The van der Waals surface area contributed by atoms with Crippen molar-refractivity contribution in [2.75, 3.05) is 0 Å². The predicted octanol–water partition coefficient (Wildman–Crippen LogP) is 5.70. The van der Waals surface area contributed by atoms with Gasteiger partial charge < -0.3 is 5.32 Å². The summed E-state index contributed by atoms with van der Waals surface area (Å²) in [6.45, 7) is 2.19. The van der Waals surface area contributed by atoms with Crippen LogP contribution in [0, 0.1) is 0 Å². The molecule has 3 heteroatoms. The zero-order valence-electron chi connectivity index (χ0n) is 12.0. The van der Waals surface area contributed by atoms with Gasteiger partial charge in [-0.05, 0) is 55.0 Å². The number of rotatable bonds is 4. The lowest BCUT2D eigenvalue weighted by molar-refractivity contribution is 0.271. The summed E-state index contributed by atoms with van der Waals surface area (Å²) < 4.78 is 1.15. The normalized spacial score (nSPS) is 22.6. The van der Waals surface area contributed by atoms with Crippen LogP contribution in [0.3, 0.4) is 0 Å². The largest absolute Gasteiger partial charge is 0.307 e. The zero-order chi connectivity index (χ0) is 14.8. The Kier molecular flexibility index (Phi) is 4.68. The quantitative estimate of drug-likeness (QED) is 0.734. The smallest absolute Gasteiger partial charge is 0.0453 e. The Morgan fingerprint density at radius 3 is 2.43 bits per heavy atom. The molecule has 0 radical (unpaired) electrons. The first kappa shape index (κ1) is 15.1. The molecule has 2 aromatic rings. The third-order valence-electron chi connectivity index (χ3n) is 4.34. The van der Waals surface area contributed by atoms with Crippen molar-refractivity contribution in [1.29, 1.82) is 0 Å². The Hall–Kier alpha value is -0.830. The summed E-state index contributed by atoms with van der Waals surface area (Å²) in [5.41, 5.74) is 2.63. The van der Waals surface area contributed by atoms with E-state index in [0.29, 0.717) is 18.0 Å². The molecule has 0 spiro atoms. The van der Waals surface area contributed by atoms with Crippen LogP contribution in [0.15, 0.2) is 53.0 Å². The molecule has 0 saturated heterocycles. The lowest BCUT2D eigenvalue weighted by Gasteiger charge is -2.38. The van der Waals surface area contributed by atoms with E-state index in [1.807, 2.05) is 18.2 Å². The molecule has 1 saturated carbocycles. The van der Waals surface area contributed by atoms with Gasteiger partial charge in [0.15, 0.2) is 0 Å². The Morgan fingerprint density at radius 1 is 1.10 bits per heavy atom. The minimum Gasteiger partial charge on any atom is -0.307 e. The van der Waals surface area contributed by atoms with Gasteiger partial charge in [-0.25, -0.2) is 0 Å². The molecule has 21 heavy (non-hydrogen) atoms. The minimum atomic E-state index is 0.301. The highest BCUT2D eigenvalue weighted by Crippen LogP contribution is 2.38. The van der Waals surface area contributed by atoms with Crippen LogP contribution in [0.25, 0.3) is 0 Å². The number of hydrogen-bond acceptors (Lipinski definition) is 1. The van der Waals surface area contributed by atoms with E-state index in [9.17, 15) is 0 Å². The van der Waals surface area contributed by atoms with Gasteiger partial charge in [0.05, 0.1) is 0 Å². The molecule has 1 atom stereocenters. The van der Waals surface area contributed by atoms with E-state index >= 15 is 0 Å². The molecule has 0 amide bonds. The minimum absolute atomic E-state index is 0.301. The van der Waals surface area contributed by atoms with Crippen molar-refractivity contribution in [3.63, 3.8) is 0 Å². The van der Waals surface area contributed by atoms with E-state index in [4.69, 9.17) is 11.6 Å². The van der Waals surface area contributed by atoms with Crippen molar-refractivity contribution in [2.45, 2.75) is 37.8 Å². The van der Waals surface area contributed by atoms with Gasteiger partial charge in [0.2, 0.25) is 0 Å². The van der Waals surface area contributed by atoms with E-state index in [1.165, 1.54) is 24.0 Å². The monoisotopic (exact) mass is 363 g/mol. The van der Waals surface area contributed by atoms with Crippen molar-refractivity contribution >= 4 is 27.5 Å². The van der Waals surface area contributed by atoms with E-state index in [0.717, 1.165) is 9.50 Å². The van der Waals surface area contributed by atoms with E-state index in [1.54, 1.807) is 0 Å². The first-order valence-electron chi connectivity index (χ1n) is 7.39. The standard InChI is InChI=1S/C18H19BrClN/c1-12(17-4-2-3-5-18(17)20)21-16-10-14(11-16)13-6-8-15(19)9-7-13/h2-9,12,14,16,21H,10-11H2,1H3/t12-,14?,16?/m0/s1. The van der Waals surface area contributed by atoms with Crippen LogP contribution in [0.2, 0.25) is 5.02 Å². The van der Waals surface area contributed by atoms with Crippen LogP contribution in [0.4, 0.5) is 0 Å². The molecule has 1 nitrogen and oxygen atoms in total. The van der Waals surface area contributed by atoms with Gasteiger partial charge >= 0.3 is 0 Å².